The maximum absolute atomic E-state index is 12.2. The maximum Gasteiger partial charge on any atom is 0.196 e. The molecule has 1 aromatic heterocycles. The van der Waals surface area contributed by atoms with Crippen LogP contribution in [-0.2, 0) is 6.54 Å². The van der Waals surface area contributed by atoms with Crippen molar-refractivity contribution >= 4 is 21.7 Å². The fraction of sp³-hybridized carbons (Fsp3) is 0.231. The first-order valence-corrected chi connectivity index (χ1v) is 6.24. The van der Waals surface area contributed by atoms with Crippen LogP contribution in [-0.4, -0.2) is 15.6 Å². The zero-order valence-electron chi connectivity index (χ0n) is 9.77. The fourth-order valence-corrected chi connectivity index (χ4v) is 2.30. The lowest BCUT2D eigenvalue weighted by Crippen LogP contribution is -2.01. The van der Waals surface area contributed by atoms with Gasteiger partial charge in [0.2, 0.25) is 0 Å². The topological polar surface area (TPSA) is 34.9 Å². The third kappa shape index (κ3) is 2.64. The number of hydrogen-bond acceptors (Lipinski definition) is 2. The van der Waals surface area contributed by atoms with Crippen LogP contribution < -0.4 is 0 Å². The van der Waals surface area contributed by atoms with E-state index in [-0.39, 0.29) is 5.78 Å². The zero-order valence-corrected chi connectivity index (χ0v) is 11.4. The van der Waals surface area contributed by atoms with Crippen molar-refractivity contribution in [1.29, 1.82) is 0 Å². The van der Waals surface area contributed by atoms with E-state index in [1.165, 1.54) is 0 Å². The SMILES string of the molecule is CCn1cc(C(=O)c2cc(C)cc(Br)c2)cn1. The van der Waals surface area contributed by atoms with Gasteiger partial charge in [0.1, 0.15) is 0 Å². The Kier molecular flexibility index (Phi) is 3.43. The van der Waals surface area contributed by atoms with E-state index in [2.05, 4.69) is 21.0 Å². The highest BCUT2D eigenvalue weighted by Gasteiger charge is 2.12. The molecule has 0 spiro atoms. The molecule has 4 heteroatoms. The van der Waals surface area contributed by atoms with Crippen molar-refractivity contribution in [3.63, 3.8) is 0 Å². The largest absolute Gasteiger partial charge is 0.288 e. The number of carbonyl (C=O) groups excluding carboxylic acids is 1. The Bertz CT molecular complexity index is 540. The molecule has 2 rings (SSSR count). The minimum Gasteiger partial charge on any atom is -0.288 e. The molecule has 0 aliphatic carbocycles. The maximum atomic E-state index is 12.2. The normalized spacial score (nSPS) is 10.5. The van der Waals surface area contributed by atoms with Crippen LogP contribution >= 0.6 is 15.9 Å². The van der Waals surface area contributed by atoms with Crippen LogP contribution in [0.4, 0.5) is 0 Å². The predicted octanol–water partition coefficient (Wildman–Crippen LogP) is 3.20. The number of nitrogens with zero attached hydrogens (tertiary/aromatic N) is 2. The van der Waals surface area contributed by atoms with E-state index in [0.717, 1.165) is 16.6 Å². The van der Waals surface area contributed by atoms with Gasteiger partial charge in [0.25, 0.3) is 0 Å². The van der Waals surface area contributed by atoms with Gasteiger partial charge in [-0.15, -0.1) is 0 Å². The third-order valence-corrected chi connectivity index (χ3v) is 2.98. The molecule has 0 fully saturated rings. The second-order valence-electron chi connectivity index (χ2n) is 3.93. The van der Waals surface area contributed by atoms with Gasteiger partial charge in [-0.25, -0.2) is 0 Å². The highest BCUT2D eigenvalue weighted by atomic mass is 79.9. The lowest BCUT2D eigenvalue weighted by Gasteiger charge is -2.01. The van der Waals surface area contributed by atoms with E-state index in [1.54, 1.807) is 17.1 Å². The number of benzene rings is 1. The highest BCUT2D eigenvalue weighted by Crippen LogP contribution is 2.18. The van der Waals surface area contributed by atoms with Gasteiger partial charge in [-0.05, 0) is 37.6 Å². The van der Waals surface area contributed by atoms with Crippen LogP contribution in [0.15, 0.2) is 35.1 Å². The Labute approximate surface area is 109 Å². The molecule has 0 amide bonds. The van der Waals surface area contributed by atoms with Crippen molar-refractivity contribution < 1.29 is 4.79 Å². The summed E-state index contributed by atoms with van der Waals surface area (Å²) in [6.07, 6.45) is 3.39. The Hall–Kier alpha value is -1.42. The molecular weight excluding hydrogens is 280 g/mol. The molecule has 1 aromatic carbocycles. The highest BCUT2D eigenvalue weighted by molar-refractivity contribution is 9.10. The quantitative estimate of drug-likeness (QED) is 0.814. The average Bonchev–Trinajstić information content (AvgIpc) is 2.75. The van der Waals surface area contributed by atoms with Gasteiger partial charge < -0.3 is 0 Å². The third-order valence-electron chi connectivity index (χ3n) is 2.52. The number of ketones is 1. The molecule has 2 aromatic rings. The molecular formula is C13H13BrN2O. The van der Waals surface area contributed by atoms with E-state index in [4.69, 9.17) is 0 Å². The van der Waals surface area contributed by atoms with Crippen molar-refractivity contribution in [2.75, 3.05) is 0 Å². The van der Waals surface area contributed by atoms with E-state index < -0.39 is 0 Å². The summed E-state index contributed by atoms with van der Waals surface area (Å²) in [5, 5.41) is 4.11. The number of halogens is 1. The minimum atomic E-state index is 0.00843. The number of aryl methyl sites for hydroxylation is 2. The van der Waals surface area contributed by atoms with Crippen molar-refractivity contribution in [2.24, 2.45) is 0 Å². The van der Waals surface area contributed by atoms with Crippen molar-refractivity contribution in [3.8, 4) is 0 Å². The minimum absolute atomic E-state index is 0.00843. The lowest BCUT2D eigenvalue weighted by molar-refractivity contribution is 0.103. The fourth-order valence-electron chi connectivity index (χ4n) is 1.69. The molecule has 0 atom stereocenters. The summed E-state index contributed by atoms with van der Waals surface area (Å²) >= 11 is 3.40. The zero-order chi connectivity index (χ0) is 12.4. The molecule has 0 saturated carbocycles. The van der Waals surface area contributed by atoms with Crippen LogP contribution in [0.1, 0.15) is 28.4 Å². The standard InChI is InChI=1S/C13H13BrN2O/c1-3-16-8-11(7-15-16)13(17)10-4-9(2)5-12(14)6-10/h4-8H,3H2,1-2H3. The summed E-state index contributed by atoms with van der Waals surface area (Å²) in [6.45, 7) is 4.73. The molecule has 0 radical (unpaired) electrons. The molecule has 0 aliphatic heterocycles. The van der Waals surface area contributed by atoms with Crippen LogP contribution in [0, 0.1) is 6.92 Å². The van der Waals surface area contributed by atoms with Gasteiger partial charge in [0.05, 0.1) is 11.8 Å². The van der Waals surface area contributed by atoms with Crippen LogP contribution in [0.25, 0.3) is 0 Å². The summed E-state index contributed by atoms with van der Waals surface area (Å²) in [5.74, 6) is 0.00843. The summed E-state index contributed by atoms with van der Waals surface area (Å²) < 4.78 is 2.67. The first-order valence-electron chi connectivity index (χ1n) is 5.44. The molecule has 3 nitrogen and oxygen atoms in total. The van der Waals surface area contributed by atoms with E-state index >= 15 is 0 Å². The van der Waals surface area contributed by atoms with Crippen LogP contribution in [0.2, 0.25) is 0 Å². The van der Waals surface area contributed by atoms with Crippen molar-refractivity contribution in [3.05, 3.63) is 51.8 Å². The summed E-state index contributed by atoms with van der Waals surface area (Å²) in [7, 11) is 0. The smallest absolute Gasteiger partial charge is 0.196 e. The molecule has 0 bridgehead atoms. The molecule has 0 aliphatic rings. The van der Waals surface area contributed by atoms with E-state index in [9.17, 15) is 4.79 Å². The lowest BCUT2D eigenvalue weighted by atomic mass is 10.0. The number of rotatable bonds is 3. The van der Waals surface area contributed by atoms with Crippen LogP contribution in [0.5, 0.6) is 0 Å². The van der Waals surface area contributed by atoms with Gasteiger partial charge >= 0.3 is 0 Å². The number of hydrogen-bond donors (Lipinski definition) is 0. The van der Waals surface area contributed by atoms with Gasteiger partial charge in [-0.3, -0.25) is 9.48 Å². The molecule has 17 heavy (non-hydrogen) atoms. The first kappa shape index (κ1) is 12.0. The van der Waals surface area contributed by atoms with E-state index in [0.29, 0.717) is 11.1 Å². The first-order chi connectivity index (χ1) is 8.10. The second-order valence-corrected chi connectivity index (χ2v) is 4.85. The van der Waals surface area contributed by atoms with Gasteiger partial charge in [-0.1, -0.05) is 15.9 Å². The Morgan fingerprint density at radius 3 is 2.71 bits per heavy atom. The monoisotopic (exact) mass is 292 g/mol. The Balaban J connectivity index is 2.36. The summed E-state index contributed by atoms with van der Waals surface area (Å²) in [5.41, 5.74) is 2.38. The van der Waals surface area contributed by atoms with Gasteiger partial charge in [-0.2, -0.15) is 5.10 Å². The average molecular weight is 293 g/mol. The molecule has 0 unspecified atom stereocenters. The summed E-state index contributed by atoms with van der Waals surface area (Å²) in [6, 6.07) is 5.70. The molecule has 1 heterocycles. The Morgan fingerprint density at radius 2 is 2.12 bits per heavy atom. The number of carbonyl (C=O) groups is 1. The van der Waals surface area contributed by atoms with Crippen molar-refractivity contribution in [2.45, 2.75) is 20.4 Å². The second kappa shape index (κ2) is 4.84. The number of aromatic nitrogens is 2. The molecule has 88 valence electrons. The molecule has 0 saturated heterocycles. The van der Waals surface area contributed by atoms with Gasteiger partial charge in [0, 0.05) is 22.8 Å². The summed E-state index contributed by atoms with van der Waals surface area (Å²) in [4.78, 5) is 12.2. The predicted molar refractivity (Wildman–Crippen MR) is 70.2 cm³/mol. The van der Waals surface area contributed by atoms with Crippen molar-refractivity contribution in [1.82, 2.24) is 9.78 Å². The van der Waals surface area contributed by atoms with Crippen LogP contribution in [0.3, 0.4) is 0 Å². The van der Waals surface area contributed by atoms with Gasteiger partial charge in [0.15, 0.2) is 5.78 Å². The molecule has 0 N–H and O–H groups in total. The van der Waals surface area contributed by atoms with E-state index in [1.807, 2.05) is 32.0 Å². The Morgan fingerprint density at radius 1 is 1.35 bits per heavy atom.